The molecule has 2 aromatic heterocycles. The molecule has 0 bridgehead atoms. The van der Waals surface area contributed by atoms with Crippen molar-refractivity contribution in [1.29, 1.82) is 0 Å². The Hall–Kier alpha value is -2.58. The Bertz CT molecular complexity index is 1030. The van der Waals surface area contributed by atoms with Gasteiger partial charge in [0.25, 0.3) is 11.1 Å². The molecule has 0 aliphatic rings. The van der Waals surface area contributed by atoms with Crippen molar-refractivity contribution in [3.05, 3.63) is 49.2 Å². The van der Waals surface area contributed by atoms with Gasteiger partial charge in [0.15, 0.2) is 5.75 Å². The Labute approximate surface area is 131 Å². The lowest BCUT2D eigenvalue weighted by molar-refractivity contribution is 0.449. The average Bonchev–Trinajstić information content (AvgIpc) is 2.43. The molecular weight excluding hydrogens is 335 g/mol. The van der Waals surface area contributed by atoms with Crippen molar-refractivity contribution in [2.75, 3.05) is 0 Å². The van der Waals surface area contributed by atoms with Gasteiger partial charge in [0.1, 0.15) is 11.8 Å². The third-order valence-corrected chi connectivity index (χ3v) is 3.44. The van der Waals surface area contributed by atoms with Gasteiger partial charge in [0, 0.05) is 0 Å². The molecule has 0 spiro atoms. The number of nitrogens with zero attached hydrogens (tertiary/aromatic N) is 3. The summed E-state index contributed by atoms with van der Waals surface area (Å²) < 4.78 is 0.878. The van der Waals surface area contributed by atoms with Gasteiger partial charge >= 0.3 is 0 Å². The first kappa shape index (κ1) is 14.4. The van der Waals surface area contributed by atoms with Crippen LogP contribution in [0.1, 0.15) is 0 Å². The van der Waals surface area contributed by atoms with Crippen LogP contribution in [0.5, 0.6) is 11.6 Å². The molecule has 0 aliphatic carbocycles. The zero-order chi connectivity index (χ0) is 16.0. The number of aromatic hydroxyl groups is 2. The molecule has 3 N–H and O–H groups in total. The normalized spacial score (nSPS) is 11.0. The molecule has 10 heteroatoms. The van der Waals surface area contributed by atoms with Gasteiger partial charge in [-0.3, -0.25) is 14.6 Å². The van der Waals surface area contributed by atoms with Crippen molar-refractivity contribution in [3.63, 3.8) is 0 Å². The van der Waals surface area contributed by atoms with E-state index in [1.165, 1.54) is 6.07 Å². The Morgan fingerprint density at radius 2 is 1.86 bits per heavy atom. The van der Waals surface area contributed by atoms with Gasteiger partial charge in [0.2, 0.25) is 11.8 Å². The Kier molecular flexibility index (Phi) is 3.27. The molecule has 1 aromatic carbocycles. The van der Waals surface area contributed by atoms with Crippen LogP contribution in [-0.2, 0) is 0 Å². The molecule has 3 aromatic rings. The first-order valence-electron chi connectivity index (χ1n) is 5.77. The minimum Gasteiger partial charge on any atom is -0.504 e. The maximum absolute atomic E-state index is 12.5. The van der Waals surface area contributed by atoms with Crippen LogP contribution < -0.4 is 11.1 Å². The summed E-state index contributed by atoms with van der Waals surface area (Å²) in [6.45, 7) is 0. The van der Waals surface area contributed by atoms with E-state index in [-0.39, 0.29) is 32.6 Å². The first-order valence-corrected chi connectivity index (χ1v) is 6.53. The molecule has 0 saturated carbocycles. The highest BCUT2D eigenvalue weighted by atomic mass is 35.5. The number of halogens is 2. The highest BCUT2D eigenvalue weighted by Gasteiger charge is 2.16. The van der Waals surface area contributed by atoms with E-state index in [9.17, 15) is 19.8 Å². The van der Waals surface area contributed by atoms with Crippen molar-refractivity contribution in [1.82, 2.24) is 19.5 Å². The fourth-order valence-corrected chi connectivity index (χ4v) is 2.45. The van der Waals surface area contributed by atoms with Gasteiger partial charge < -0.3 is 10.2 Å². The number of nitrogens with one attached hydrogen (secondary N) is 1. The maximum atomic E-state index is 12.5. The predicted molar refractivity (Wildman–Crippen MR) is 79.1 cm³/mol. The van der Waals surface area contributed by atoms with Gasteiger partial charge in [-0.05, 0) is 6.07 Å². The molecule has 0 radical (unpaired) electrons. The number of hydrogen-bond acceptors (Lipinski definition) is 6. The van der Waals surface area contributed by atoms with Crippen molar-refractivity contribution in [2.45, 2.75) is 0 Å². The predicted octanol–water partition coefficient (Wildman–Crippen LogP) is 1.19. The summed E-state index contributed by atoms with van der Waals surface area (Å²) in [7, 11) is 0. The number of H-pyrrole nitrogens is 1. The van der Waals surface area contributed by atoms with Crippen LogP contribution in [0.4, 0.5) is 0 Å². The maximum Gasteiger partial charge on any atom is 0.269 e. The van der Waals surface area contributed by atoms with Crippen LogP contribution in [0.25, 0.3) is 16.9 Å². The van der Waals surface area contributed by atoms with Crippen LogP contribution in [0.2, 0.25) is 10.0 Å². The highest BCUT2D eigenvalue weighted by molar-refractivity contribution is 6.39. The minimum absolute atomic E-state index is 0.0212. The molecule has 8 nitrogen and oxygen atoms in total. The lowest BCUT2D eigenvalue weighted by Crippen LogP contribution is -2.23. The monoisotopic (exact) mass is 340 g/mol. The standard InChI is InChI=1S/C12H6Cl2N4O4/c13-4-1-5(14)10(21)9-8(4)11(22)18(3-15-9)12-16-6(19)2-7(20)17-12/h1-3,21H,(H2,16,17,19,20). The molecule has 22 heavy (non-hydrogen) atoms. The molecule has 0 aliphatic heterocycles. The lowest BCUT2D eigenvalue weighted by Gasteiger charge is -2.08. The zero-order valence-electron chi connectivity index (χ0n) is 10.5. The van der Waals surface area contributed by atoms with Gasteiger partial charge in [-0.2, -0.15) is 4.98 Å². The van der Waals surface area contributed by atoms with E-state index in [0.29, 0.717) is 0 Å². The Morgan fingerprint density at radius 3 is 2.55 bits per heavy atom. The number of phenols is 1. The highest BCUT2D eigenvalue weighted by Crippen LogP contribution is 2.34. The summed E-state index contributed by atoms with van der Waals surface area (Å²) in [5, 5.41) is 19.0. The van der Waals surface area contributed by atoms with E-state index >= 15 is 0 Å². The van der Waals surface area contributed by atoms with Crippen molar-refractivity contribution in [2.24, 2.45) is 0 Å². The van der Waals surface area contributed by atoms with Crippen LogP contribution in [-0.4, -0.2) is 29.7 Å². The molecule has 2 heterocycles. The van der Waals surface area contributed by atoms with E-state index in [1.54, 1.807) is 0 Å². The number of hydrogen-bond donors (Lipinski definition) is 3. The number of benzene rings is 1. The second kappa shape index (κ2) is 5.00. The summed E-state index contributed by atoms with van der Waals surface area (Å²) in [6, 6.07) is 2.05. The molecule has 0 fully saturated rings. The van der Waals surface area contributed by atoms with Crippen molar-refractivity contribution >= 4 is 34.1 Å². The summed E-state index contributed by atoms with van der Waals surface area (Å²) in [5.74, 6) is -1.19. The van der Waals surface area contributed by atoms with Crippen LogP contribution >= 0.6 is 23.2 Å². The third-order valence-electron chi connectivity index (χ3n) is 2.86. The Balaban J connectivity index is 2.41. The summed E-state index contributed by atoms with van der Waals surface area (Å²) in [5.41, 5.74) is -1.43. The SMILES string of the molecule is O=c1cc(O)nc(-n2cnc3c(O)c(Cl)cc(Cl)c3c2=O)[nH]1. The third kappa shape index (κ3) is 2.18. The van der Waals surface area contributed by atoms with E-state index in [1.807, 2.05) is 0 Å². The molecule has 112 valence electrons. The van der Waals surface area contributed by atoms with Crippen molar-refractivity contribution in [3.8, 4) is 17.6 Å². The topological polar surface area (TPSA) is 121 Å². The van der Waals surface area contributed by atoms with Crippen LogP contribution in [0.15, 0.2) is 28.0 Å². The summed E-state index contributed by atoms with van der Waals surface area (Å²) >= 11 is 11.7. The van der Waals surface area contributed by atoms with E-state index < -0.39 is 17.0 Å². The smallest absolute Gasteiger partial charge is 0.269 e. The number of aromatic amines is 1. The van der Waals surface area contributed by atoms with Crippen molar-refractivity contribution < 1.29 is 10.2 Å². The summed E-state index contributed by atoms with van der Waals surface area (Å²) in [4.78, 5) is 33.6. The second-order valence-corrected chi connectivity index (χ2v) is 5.07. The minimum atomic E-state index is -0.698. The molecule has 0 unspecified atom stereocenters. The van der Waals surface area contributed by atoms with Gasteiger partial charge in [-0.25, -0.2) is 9.55 Å². The number of aromatic nitrogens is 4. The number of rotatable bonds is 1. The quantitative estimate of drug-likeness (QED) is 0.611. The number of fused-ring (bicyclic) bond motifs is 1. The zero-order valence-corrected chi connectivity index (χ0v) is 12.1. The van der Waals surface area contributed by atoms with Crippen LogP contribution in [0.3, 0.4) is 0 Å². The number of phenolic OH excluding ortho intramolecular Hbond substituents is 1. The van der Waals surface area contributed by atoms with Gasteiger partial charge in [-0.15, -0.1) is 0 Å². The van der Waals surface area contributed by atoms with Gasteiger partial charge in [0.05, 0.1) is 21.5 Å². The molecule has 0 atom stereocenters. The van der Waals surface area contributed by atoms with E-state index in [2.05, 4.69) is 15.0 Å². The summed E-state index contributed by atoms with van der Waals surface area (Å²) in [6.07, 6.45) is 1.02. The second-order valence-electron chi connectivity index (χ2n) is 4.26. The van der Waals surface area contributed by atoms with E-state index in [0.717, 1.165) is 17.0 Å². The molecular formula is C12H6Cl2N4O4. The Morgan fingerprint density at radius 1 is 1.14 bits per heavy atom. The molecule has 0 amide bonds. The van der Waals surface area contributed by atoms with Gasteiger partial charge in [-0.1, -0.05) is 23.2 Å². The lowest BCUT2D eigenvalue weighted by atomic mass is 10.2. The van der Waals surface area contributed by atoms with E-state index in [4.69, 9.17) is 23.2 Å². The van der Waals surface area contributed by atoms with Crippen LogP contribution in [0, 0.1) is 0 Å². The first-order chi connectivity index (χ1) is 10.4. The average molecular weight is 341 g/mol. The molecule has 0 saturated heterocycles. The molecule has 3 rings (SSSR count). The largest absolute Gasteiger partial charge is 0.504 e. The fourth-order valence-electron chi connectivity index (χ4n) is 1.91. The fraction of sp³-hybridized carbons (Fsp3) is 0.